The highest BCUT2D eigenvalue weighted by Gasteiger charge is 2.20. The van der Waals surface area contributed by atoms with Crippen LogP contribution in [0.4, 0.5) is 11.5 Å². The highest BCUT2D eigenvalue weighted by Crippen LogP contribution is 2.27. The minimum Gasteiger partial charge on any atom is -0.338 e. The maximum atomic E-state index is 12.2. The van der Waals surface area contributed by atoms with Gasteiger partial charge in [0, 0.05) is 18.1 Å². The number of carbonyl (C=O) groups is 1. The first-order chi connectivity index (χ1) is 10.6. The number of amides is 1. The van der Waals surface area contributed by atoms with Crippen molar-refractivity contribution >= 4 is 40.6 Å². The lowest BCUT2D eigenvalue weighted by molar-refractivity contribution is 0.0786. The molecule has 1 amide bonds. The maximum absolute atomic E-state index is 12.2. The number of rotatable bonds is 3. The average Bonchev–Trinajstić information content (AvgIpc) is 3.05. The summed E-state index contributed by atoms with van der Waals surface area (Å²) in [7, 11) is 0. The zero-order valence-corrected chi connectivity index (χ0v) is 13.2. The van der Waals surface area contributed by atoms with Crippen molar-refractivity contribution in [2.45, 2.75) is 12.8 Å². The molecule has 1 aliphatic rings. The Morgan fingerprint density at radius 3 is 2.59 bits per heavy atom. The van der Waals surface area contributed by atoms with Gasteiger partial charge in [-0.05, 0) is 31.0 Å². The van der Waals surface area contributed by atoms with Crippen LogP contribution in [0.1, 0.15) is 23.3 Å². The first kappa shape index (κ1) is 15.1. The van der Waals surface area contributed by atoms with Gasteiger partial charge >= 0.3 is 0 Å². The van der Waals surface area contributed by atoms with Crippen molar-refractivity contribution in [3.8, 4) is 0 Å². The van der Waals surface area contributed by atoms with E-state index in [0.29, 0.717) is 27.2 Å². The third-order valence-electron chi connectivity index (χ3n) is 3.46. The van der Waals surface area contributed by atoms with Crippen LogP contribution in [0.5, 0.6) is 0 Å². The summed E-state index contributed by atoms with van der Waals surface area (Å²) in [6, 6.07) is 5.11. The molecule has 1 aromatic carbocycles. The molecule has 0 radical (unpaired) electrons. The van der Waals surface area contributed by atoms with Gasteiger partial charge < -0.3 is 10.2 Å². The van der Waals surface area contributed by atoms with Crippen LogP contribution in [-0.2, 0) is 0 Å². The number of carbonyl (C=O) groups excluding carboxylic acids is 1. The van der Waals surface area contributed by atoms with Crippen LogP contribution < -0.4 is 5.32 Å². The van der Waals surface area contributed by atoms with E-state index in [1.54, 1.807) is 23.1 Å². The first-order valence-corrected chi connectivity index (χ1v) is 7.72. The van der Waals surface area contributed by atoms with Gasteiger partial charge in [0.15, 0.2) is 0 Å². The Balaban J connectivity index is 1.74. The van der Waals surface area contributed by atoms with Crippen LogP contribution in [0, 0.1) is 0 Å². The Labute approximate surface area is 138 Å². The molecule has 22 heavy (non-hydrogen) atoms. The van der Waals surface area contributed by atoms with Gasteiger partial charge in [-0.15, -0.1) is 0 Å². The van der Waals surface area contributed by atoms with Crippen LogP contribution >= 0.6 is 23.2 Å². The lowest BCUT2D eigenvalue weighted by Gasteiger charge is -2.14. The number of halogens is 2. The Morgan fingerprint density at radius 2 is 1.91 bits per heavy atom. The summed E-state index contributed by atoms with van der Waals surface area (Å²) in [4.78, 5) is 22.4. The van der Waals surface area contributed by atoms with Gasteiger partial charge in [-0.3, -0.25) is 4.79 Å². The summed E-state index contributed by atoms with van der Waals surface area (Å²) in [5.41, 5.74) is 0.992. The molecule has 114 valence electrons. The smallest absolute Gasteiger partial charge is 0.274 e. The molecular weight excluding hydrogens is 323 g/mol. The van der Waals surface area contributed by atoms with Crippen LogP contribution in [0.25, 0.3) is 0 Å². The zero-order valence-electron chi connectivity index (χ0n) is 11.7. The van der Waals surface area contributed by atoms with E-state index in [-0.39, 0.29) is 5.91 Å². The molecule has 0 spiro atoms. The van der Waals surface area contributed by atoms with Crippen molar-refractivity contribution < 1.29 is 4.79 Å². The molecule has 0 bridgehead atoms. The second kappa shape index (κ2) is 6.50. The normalized spacial score (nSPS) is 14.2. The van der Waals surface area contributed by atoms with Gasteiger partial charge in [0.05, 0.1) is 23.1 Å². The van der Waals surface area contributed by atoms with E-state index >= 15 is 0 Å². The number of nitrogens with zero attached hydrogens (tertiary/aromatic N) is 3. The highest BCUT2D eigenvalue weighted by atomic mass is 35.5. The predicted octanol–water partition coefficient (Wildman–Crippen LogP) is 3.76. The third-order valence-corrected chi connectivity index (χ3v) is 4.02. The zero-order chi connectivity index (χ0) is 15.5. The summed E-state index contributed by atoms with van der Waals surface area (Å²) < 4.78 is 0. The van der Waals surface area contributed by atoms with Crippen molar-refractivity contribution in [1.29, 1.82) is 0 Å². The molecule has 0 unspecified atom stereocenters. The van der Waals surface area contributed by atoms with Crippen molar-refractivity contribution in [2.75, 3.05) is 18.4 Å². The summed E-state index contributed by atoms with van der Waals surface area (Å²) in [6.45, 7) is 1.58. The van der Waals surface area contributed by atoms with Gasteiger partial charge in [-0.1, -0.05) is 23.2 Å². The van der Waals surface area contributed by atoms with E-state index in [9.17, 15) is 4.79 Å². The molecule has 7 heteroatoms. The molecule has 0 aliphatic carbocycles. The van der Waals surface area contributed by atoms with Gasteiger partial charge in [0.1, 0.15) is 11.5 Å². The molecule has 2 aromatic rings. The number of hydrogen-bond acceptors (Lipinski definition) is 4. The Hall–Kier alpha value is -1.85. The number of hydrogen-bond donors (Lipinski definition) is 1. The number of likely N-dealkylation sites (tertiary alicyclic amines) is 1. The van der Waals surface area contributed by atoms with E-state index in [4.69, 9.17) is 23.2 Å². The third kappa shape index (κ3) is 3.31. The number of benzene rings is 1. The monoisotopic (exact) mass is 336 g/mol. The fourth-order valence-corrected chi connectivity index (χ4v) is 2.65. The highest BCUT2D eigenvalue weighted by molar-refractivity contribution is 6.35. The number of aromatic nitrogens is 2. The largest absolute Gasteiger partial charge is 0.338 e. The SMILES string of the molecule is O=C(c1cnc(Nc2cc(Cl)ccc2Cl)cn1)N1CCCC1. The van der Waals surface area contributed by atoms with Crippen LogP contribution in [0.2, 0.25) is 10.0 Å². The molecule has 0 atom stereocenters. The van der Waals surface area contributed by atoms with E-state index in [2.05, 4.69) is 15.3 Å². The van der Waals surface area contributed by atoms with Crippen molar-refractivity contribution in [1.82, 2.24) is 14.9 Å². The van der Waals surface area contributed by atoms with Crippen molar-refractivity contribution in [2.24, 2.45) is 0 Å². The van der Waals surface area contributed by atoms with Crippen LogP contribution in [-0.4, -0.2) is 33.9 Å². The Bertz CT molecular complexity index is 684. The average molecular weight is 337 g/mol. The van der Waals surface area contributed by atoms with E-state index < -0.39 is 0 Å². The topological polar surface area (TPSA) is 58.1 Å². The second-order valence-electron chi connectivity index (χ2n) is 5.04. The summed E-state index contributed by atoms with van der Waals surface area (Å²) >= 11 is 12.0. The van der Waals surface area contributed by atoms with Crippen LogP contribution in [0.15, 0.2) is 30.6 Å². The molecule has 0 saturated carbocycles. The summed E-state index contributed by atoms with van der Waals surface area (Å²) in [6.07, 6.45) is 5.08. The van der Waals surface area contributed by atoms with Crippen molar-refractivity contribution in [3.05, 3.63) is 46.3 Å². The lowest BCUT2D eigenvalue weighted by atomic mass is 10.3. The van der Waals surface area contributed by atoms with Gasteiger partial charge in [0.25, 0.3) is 5.91 Å². The van der Waals surface area contributed by atoms with Crippen LogP contribution in [0.3, 0.4) is 0 Å². The Kier molecular flexibility index (Phi) is 4.45. The second-order valence-corrected chi connectivity index (χ2v) is 5.88. The minimum absolute atomic E-state index is 0.0719. The van der Waals surface area contributed by atoms with E-state index in [0.717, 1.165) is 25.9 Å². The molecule has 1 aliphatic heterocycles. The quantitative estimate of drug-likeness (QED) is 0.926. The summed E-state index contributed by atoms with van der Waals surface area (Å²) in [5.74, 6) is 0.430. The number of anilines is 2. The molecule has 1 saturated heterocycles. The fraction of sp³-hybridized carbons (Fsp3) is 0.267. The molecule has 1 aromatic heterocycles. The molecular formula is C15H14Cl2N4O. The molecule has 1 fully saturated rings. The predicted molar refractivity (Wildman–Crippen MR) is 86.9 cm³/mol. The molecule has 1 N–H and O–H groups in total. The van der Waals surface area contributed by atoms with E-state index in [1.807, 2.05) is 0 Å². The van der Waals surface area contributed by atoms with E-state index in [1.165, 1.54) is 12.4 Å². The maximum Gasteiger partial charge on any atom is 0.274 e. The van der Waals surface area contributed by atoms with Crippen molar-refractivity contribution in [3.63, 3.8) is 0 Å². The molecule has 3 rings (SSSR count). The van der Waals surface area contributed by atoms with Gasteiger partial charge in [-0.2, -0.15) is 0 Å². The molecule has 5 nitrogen and oxygen atoms in total. The summed E-state index contributed by atoms with van der Waals surface area (Å²) in [5, 5.41) is 4.13. The Morgan fingerprint density at radius 1 is 1.14 bits per heavy atom. The minimum atomic E-state index is -0.0719. The van der Waals surface area contributed by atoms with Gasteiger partial charge in [0.2, 0.25) is 0 Å². The first-order valence-electron chi connectivity index (χ1n) is 6.97. The van der Waals surface area contributed by atoms with Gasteiger partial charge in [-0.25, -0.2) is 9.97 Å². The number of nitrogens with one attached hydrogen (secondary N) is 1. The molecule has 2 heterocycles. The lowest BCUT2D eigenvalue weighted by Crippen LogP contribution is -2.28. The fourth-order valence-electron chi connectivity index (χ4n) is 2.32. The standard InChI is InChI=1S/C15H14Cl2N4O/c16-10-3-4-11(17)12(7-10)20-14-9-18-13(8-19-14)15(22)21-5-1-2-6-21/h3-4,7-9H,1-2,5-6H2,(H,19,20).